The third kappa shape index (κ3) is 3.40. The Labute approximate surface area is 138 Å². The fourth-order valence-electron chi connectivity index (χ4n) is 1.87. The van der Waals surface area contributed by atoms with Gasteiger partial charge in [-0.05, 0) is 31.2 Å². The minimum absolute atomic E-state index is 0.0176. The molecule has 1 aromatic heterocycles. The van der Waals surface area contributed by atoms with E-state index in [1.165, 1.54) is 24.3 Å². The molecule has 0 aliphatic heterocycles. The van der Waals surface area contributed by atoms with E-state index in [-0.39, 0.29) is 27.3 Å². The van der Waals surface area contributed by atoms with Crippen molar-refractivity contribution in [2.75, 3.05) is 6.54 Å². The summed E-state index contributed by atoms with van der Waals surface area (Å²) in [5.41, 5.74) is 0.0614. The predicted octanol–water partition coefficient (Wildman–Crippen LogP) is 3.24. The molecule has 1 heterocycles. The summed E-state index contributed by atoms with van der Waals surface area (Å²) in [6, 6.07) is 10.3. The molecule has 0 aliphatic rings. The molecular formula is C14H12Cl2N2O3S. The Hall–Kier alpha value is -1.63. The molecule has 5 nitrogen and oxygen atoms in total. The molecule has 0 radical (unpaired) electrons. The number of carbonyl (C=O) groups is 1. The second-order valence-electron chi connectivity index (χ2n) is 4.29. The van der Waals surface area contributed by atoms with Crippen LogP contribution in [0.3, 0.4) is 0 Å². The first kappa shape index (κ1) is 16.7. The molecule has 22 heavy (non-hydrogen) atoms. The van der Waals surface area contributed by atoms with E-state index in [1.807, 2.05) is 0 Å². The third-order valence-electron chi connectivity index (χ3n) is 2.85. The van der Waals surface area contributed by atoms with Crippen LogP contribution in [0.5, 0.6) is 0 Å². The molecular weight excluding hydrogens is 347 g/mol. The maximum atomic E-state index is 12.6. The highest BCUT2D eigenvalue weighted by Crippen LogP contribution is 2.21. The average Bonchev–Trinajstić information content (AvgIpc) is 2.47. The molecule has 0 bridgehead atoms. The SMILES string of the molecule is CCN(C(=O)c1cc(Cl)nc(Cl)c1)S(=O)(=O)c1ccccc1. The van der Waals surface area contributed by atoms with Gasteiger partial charge in [0.1, 0.15) is 10.3 Å². The zero-order chi connectivity index (χ0) is 16.3. The van der Waals surface area contributed by atoms with E-state index in [4.69, 9.17) is 23.2 Å². The second kappa shape index (κ2) is 6.64. The fraction of sp³-hybridized carbons (Fsp3) is 0.143. The number of amides is 1. The Morgan fingerprint density at radius 2 is 1.68 bits per heavy atom. The van der Waals surface area contributed by atoms with E-state index >= 15 is 0 Å². The van der Waals surface area contributed by atoms with Crippen LogP contribution in [-0.4, -0.2) is 30.2 Å². The summed E-state index contributed by atoms with van der Waals surface area (Å²) in [4.78, 5) is 16.3. The maximum Gasteiger partial charge on any atom is 0.267 e. The van der Waals surface area contributed by atoms with Gasteiger partial charge in [-0.3, -0.25) is 4.79 Å². The van der Waals surface area contributed by atoms with Crippen molar-refractivity contribution in [1.82, 2.24) is 9.29 Å². The predicted molar refractivity (Wildman–Crippen MR) is 84.6 cm³/mol. The van der Waals surface area contributed by atoms with E-state index in [0.717, 1.165) is 4.31 Å². The molecule has 0 saturated heterocycles. The highest BCUT2D eigenvalue weighted by Gasteiger charge is 2.29. The zero-order valence-electron chi connectivity index (χ0n) is 11.5. The minimum atomic E-state index is -3.95. The quantitative estimate of drug-likeness (QED) is 0.786. The lowest BCUT2D eigenvalue weighted by Crippen LogP contribution is -2.36. The van der Waals surface area contributed by atoms with Crippen molar-refractivity contribution in [3.05, 3.63) is 58.3 Å². The Bertz CT molecular complexity index is 775. The van der Waals surface area contributed by atoms with Crippen molar-refractivity contribution in [2.45, 2.75) is 11.8 Å². The van der Waals surface area contributed by atoms with Crippen LogP contribution in [0.1, 0.15) is 17.3 Å². The number of aromatic nitrogens is 1. The van der Waals surface area contributed by atoms with Crippen LogP contribution in [0.25, 0.3) is 0 Å². The molecule has 0 N–H and O–H groups in total. The number of sulfonamides is 1. The van der Waals surface area contributed by atoms with Gasteiger partial charge in [0.15, 0.2) is 0 Å². The van der Waals surface area contributed by atoms with Gasteiger partial charge in [0.05, 0.1) is 4.90 Å². The van der Waals surface area contributed by atoms with Gasteiger partial charge in [-0.15, -0.1) is 0 Å². The fourth-order valence-corrected chi connectivity index (χ4v) is 3.75. The lowest BCUT2D eigenvalue weighted by molar-refractivity contribution is 0.0866. The summed E-state index contributed by atoms with van der Waals surface area (Å²) >= 11 is 11.5. The van der Waals surface area contributed by atoms with Crippen LogP contribution in [0, 0.1) is 0 Å². The highest BCUT2D eigenvalue weighted by atomic mass is 35.5. The molecule has 2 rings (SSSR count). The molecule has 0 saturated carbocycles. The number of hydrogen-bond acceptors (Lipinski definition) is 4. The molecule has 0 fully saturated rings. The van der Waals surface area contributed by atoms with Crippen molar-refractivity contribution in [3.63, 3.8) is 0 Å². The van der Waals surface area contributed by atoms with E-state index < -0.39 is 15.9 Å². The van der Waals surface area contributed by atoms with Crippen LogP contribution in [-0.2, 0) is 10.0 Å². The van der Waals surface area contributed by atoms with Gasteiger partial charge in [-0.2, -0.15) is 0 Å². The lowest BCUT2D eigenvalue weighted by Gasteiger charge is -2.21. The van der Waals surface area contributed by atoms with Crippen molar-refractivity contribution >= 4 is 39.1 Å². The van der Waals surface area contributed by atoms with Crippen molar-refractivity contribution in [2.24, 2.45) is 0 Å². The first-order chi connectivity index (χ1) is 10.4. The van der Waals surface area contributed by atoms with Gasteiger partial charge in [0.2, 0.25) is 0 Å². The monoisotopic (exact) mass is 358 g/mol. The van der Waals surface area contributed by atoms with E-state index in [2.05, 4.69) is 4.98 Å². The van der Waals surface area contributed by atoms with Crippen LogP contribution in [0.2, 0.25) is 10.3 Å². The molecule has 0 spiro atoms. The smallest absolute Gasteiger partial charge is 0.267 e. The topological polar surface area (TPSA) is 67.3 Å². The Morgan fingerprint density at radius 1 is 1.14 bits per heavy atom. The highest BCUT2D eigenvalue weighted by molar-refractivity contribution is 7.89. The van der Waals surface area contributed by atoms with Gasteiger partial charge in [0.25, 0.3) is 15.9 Å². The minimum Gasteiger partial charge on any atom is -0.268 e. The van der Waals surface area contributed by atoms with Gasteiger partial charge in [0, 0.05) is 12.1 Å². The second-order valence-corrected chi connectivity index (χ2v) is 6.93. The van der Waals surface area contributed by atoms with E-state index in [9.17, 15) is 13.2 Å². The summed E-state index contributed by atoms with van der Waals surface area (Å²) < 4.78 is 25.9. The van der Waals surface area contributed by atoms with Crippen molar-refractivity contribution in [3.8, 4) is 0 Å². The first-order valence-corrected chi connectivity index (χ1v) is 8.51. The lowest BCUT2D eigenvalue weighted by atomic mass is 10.2. The largest absolute Gasteiger partial charge is 0.268 e. The van der Waals surface area contributed by atoms with Crippen LogP contribution >= 0.6 is 23.2 Å². The normalized spacial score (nSPS) is 11.2. The molecule has 1 aromatic carbocycles. The van der Waals surface area contributed by atoms with Gasteiger partial charge in [-0.1, -0.05) is 41.4 Å². The Balaban J connectivity index is 2.45. The summed E-state index contributed by atoms with van der Waals surface area (Å²) in [5.74, 6) is -0.711. The molecule has 0 atom stereocenters. The molecule has 0 aliphatic carbocycles. The zero-order valence-corrected chi connectivity index (χ0v) is 13.9. The summed E-state index contributed by atoms with van der Waals surface area (Å²) in [7, 11) is -3.95. The number of rotatable bonds is 4. The summed E-state index contributed by atoms with van der Waals surface area (Å²) in [5, 5.41) is 0.0352. The summed E-state index contributed by atoms with van der Waals surface area (Å²) in [6.45, 7) is 1.55. The van der Waals surface area contributed by atoms with Crippen molar-refractivity contribution < 1.29 is 13.2 Å². The molecule has 0 unspecified atom stereocenters. The summed E-state index contributed by atoms with van der Waals surface area (Å²) in [6.07, 6.45) is 0. The Kier molecular flexibility index (Phi) is 5.05. The van der Waals surface area contributed by atoms with Crippen LogP contribution < -0.4 is 0 Å². The molecule has 2 aromatic rings. The number of carbonyl (C=O) groups excluding carboxylic acids is 1. The van der Waals surface area contributed by atoms with Gasteiger partial charge in [-0.25, -0.2) is 17.7 Å². The van der Waals surface area contributed by atoms with Crippen molar-refractivity contribution in [1.29, 1.82) is 0 Å². The van der Waals surface area contributed by atoms with E-state index in [1.54, 1.807) is 25.1 Å². The number of hydrogen-bond donors (Lipinski definition) is 0. The van der Waals surface area contributed by atoms with E-state index in [0.29, 0.717) is 0 Å². The maximum absolute atomic E-state index is 12.6. The number of pyridine rings is 1. The standard InChI is InChI=1S/C14H12Cl2N2O3S/c1-2-18(22(20,21)11-6-4-3-5-7-11)14(19)10-8-12(15)17-13(16)9-10/h3-9H,2H2,1H3. The van der Waals surface area contributed by atoms with Crippen LogP contribution in [0.15, 0.2) is 47.4 Å². The molecule has 116 valence electrons. The van der Waals surface area contributed by atoms with Crippen LogP contribution in [0.4, 0.5) is 0 Å². The van der Waals surface area contributed by atoms with Gasteiger partial charge < -0.3 is 0 Å². The first-order valence-electron chi connectivity index (χ1n) is 6.31. The number of benzene rings is 1. The van der Waals surface area contributed by atoms with Gasteiger partial charge >= 0.3 is 0 Å². The third-order valence-corrected chi connectivity index (χ3v) is 5.11. The number of halogens is 2. The molecule has 8 heteroatoms. The Morgan fingerprint density at radius 3 is 2.18 bits per heavy atom. The average molecular weight is 359 g/mol. The molecule has 1 amide bonds. The number of nitrogens with zero attached hydrogens (tertiary/aromatic N) is 2.